The molecule has 6 nitrogen and oxygen atoms in total. The minimum Gasteiger partial charge on any atom is -0.506 e. The average molecular weight is 329 g/mol. The first kappa shape index (κ1) is 16.8. The summed E-state index contributed by atoms with van der Waals surface area (Å²) in [6.07, 6.45) is 6.18. The summed E-state index contributed by atoms with van der Waals surface area (Å²) < 4.78 is 0. The van der Waals surface area contributed by atoms with Gasteiger partial charge in [0.2, 0.25) is 0 Å². The van der Waals surface area contributed by atoms with Crippen LogP contribution in [0, 0.1) is 0 Å². The van der Waals surface area contributed by atoms with Crippen LogP contribution in [0.25, 0.3) is 0 Å². The predicted molar refractivity (Wildman–Crippen MR) is 76.7 cm³/mol. The minimum atomic E-state index is 0. The van der Waals surface area contributed by atoms with Crippen molar-refractivity contribution in [2.45, 2.75) is 0 Å². The summed E-state index contributed by atoms with van der Waals surface area (Å²) in [7, 11) is 0. The fourth-order valence-corrected chi connectivity index (χ4v) is 1.43. The van der Waals surface area contributed by atoms with E-state index < -0.39 is 0 Å². The zero-order valence-corrected chi connectivity index (χ0v) is 12.1. The Balaban J connectivity index is 0.00000220. The fourth-order valence-electron chi connectivity index (χ4n) is 1.43. The summed E-state index contributed by atoms with van der Waals surface area (Å²) in [4.78, 5) is 16.2. The molecule has 0 atom stereocenters. The van der Waals surface area contributed by atoms with Gasteiger partial charge in [0.25, 0.3) is 0 Å². The molecule has 2 aromatic rings. The van der Waals surface area contributed by atoms with Gasteiger partial charge in [-0.25, -0.2) is 0 Å². The molecule has 0 aromatic carbocycles. The maximum absolute atomic E-state index is 9.47. The molecule has 0 bridgehead atoms. The van der Waals surface area contributed by atoms with Crippen molar-refractivity contribution in [2.75, 3.05) is 13.1 Å². The molecule has 0 spiro atoms. The zero-order valence-electron chi connectivity index (χ0n) is 11.0. The molecular formula is C14H14CoN4O2. The third-order valence-electron chi connectivity index (χ3n) is 2.42. The minimum absolute atomic E-state index is 0. The molecule has 21 heavy (non-hydrogen) atoms. The Morgan fingerprint density at radius 1 is 0.857 bits per heavy atom. The van der Waals surface area contributed by atoms with E-state index in [1.165, 1.54) is 12.4 Å². The summed E-state index contributed by atoms with van der Waals surface area (Å²) in [5.41, 5.74) is 0.859. The molecule has 0 saturated carbocycles. The van der Waals surface area contributed by atoms with Gasteiger partial charge in [-0.15, -0.1) is 0 Å². The molecule has 7 heteroatoms. The summed E-state index contributed by atoms with van der Waals surface area (Å²) in [6, 6.07) is 6.40. The SMILES string of the molecule is Oc1cccnc1C=NCCN=Cc1ncccc1O.[Co]. The van der Waals surface area contributed by atoms with Crippen LogP contribution in [0.1, 0.15) is 11.4 Å². The quantitative estimate of drug-likeness (QED) is 0.641. The van der Waals surface area contributed by atoms with Crippen molar-refractivity contribution >= 4 is 12.4 Å². The van der Waals surface area contributed by atoms with Gasteiger partial charge in [0.1, 0.15) is 22.9 Å². The molecule has 0 aliphatic heterocycles. The van der Waals surface area contributed by atoms with Crippen molar-refractivity contribution in [3.8, 4) is 11.5 Å². The topological polar surface area (TPSA) is 91.0 Å². The molecule has 2 rings (SSSR count). The number of hydrogen-bond acceptors (Lipinski definition) is 6. The number of aromatic nitrogens is 2. The zero-order chi connectivity index (χ0) is 14.2. The Morgan fingerprint density at radius 3 is 1.67 bits per heavy atom. The third kappa shape index (κ3) is 5.32. The van der Waals surface area contributed by atoms with Crippen LogP contribution in [-0.2, 0) is 16.8 Å². The van der Waals surface area contributed by atoms with Gasteiger partial charge in [-0.2, -0.15) is 0 Å². The van der Waals surface area contributed by atoms with Crippen molar-refractivity contribution in [3.05, 3.63) is 48.0 Å². The molecule has 111 valence electrons. The normalized spacial score (nSPS) is 10.9. The van der Waals surface area contributed by atoms with Gasteiger partial charge in [0.05, 0.1) is 25.5 Å². The summed E-state index contributed by atoms with van der Waals surface area (Å²) in [5, 5.41) is 18.9. The number of aromatic hydroxyl groups is 2. The van der Waals surface area contributed by atoms with E-state index in [0.29, 0.717) is 24.5 Å². The second-order valence-corrected chi connectivity index (χ2v) is 3.89. The van der Waals surface area contributed by atoms with Crippen LogP contribution < -0.4 is 0 Å². The maximum Gasteiger partial charge on any atom is 0.142 e. The molecular weight excluding hydrogens is 315 g/mol. The Hall–Kier alpha value is -2.25. The van der Waals surface area contributed by atoms with E-state index in [1.807, 2.05) is 0 Å². The number of nitrogens with zero attached hydrogens (tertiary/aromatic N) is 4. The van der Waals surface area contributed by atoms with E-state index in [4.69, 9.17) is 0 Å². The molecule has 0 aliphatic rings. The van der Waals surface area contributed by atoms with E-state index >= 15 is 0 Å². The molecule has 0 amide bonds. The Bertz CT molecular complexity index is 576. The molecule has 0 unspecified atom stereocenters. The summed E-state index contributed by atoms with van der Waals surface area (Å²) in [5.74, 6) is 0.191. The second-order valence-electron chi connectivity index (χ2n) is 3.89. The van der Waals surface area contributed by atoms with E-state index in [1.54, 1.807) is 36.7 Å². The summed E-state index contributed by atoms with van der Waals surface area (Å²) >= 11 is 0. The first-order chi connectivity index (χ1) is 9.77. The molecule has 2 aromatic heterocycles. The Kier molecular flexibility index (Phi) is 7.06. The molecule has 1 radical (unpaired) electrons. The van der Waals surface area contributed by atoms with E-state index in [0.717, 1.165) is 0 Å². The fraction of sp³-hybridized carbons (Fsp3) is 0.143. The largest absolute Gasteiger partial charge is 0.506 e. The second kappa shape index (κ2) is 8.83. The number of hydrogen-bond donors (Lipinski definition) is 2. The Labute approximate surface area is 132 Å². The van der Waals surface area contributed by atoms with Gasteiger partial charge in [0, 0.05) is 29.2 Å². The molecule has 0 aliphatic carbocycles. The van der Waals surface area contributed by atoms with Crippen LogP contribution in [0.5, 0.6) is 11.5 Å². The third-order valence-corrected chi connectivity index (χ3v) is 2.42. The molecule has 2 N–H and O–H groups in total. The summed E-state index contributed by atoms with van der Waals surface area (Å²) in [6.45, 7) is 0.917. The van der Waals surface area contributed by atoms with Gasteiger partial charge in [-0.05, 0) is 24.3 Å². The first-order valence-corrected chi connectivity index (χ1v) is 6.05. The van der Waals surface area contributed by atoms with Crippen LogP contribution >= 0.6 is 0 Å². The van der Waals surface area contributed by atoms with Crippen molar-refractivity contribution < 1.29 is 27.0 Å². The molecule has 2 heterocycles. The predicted octanol–water partition coefficient (Wildman–Crippen LogP) is 1.42. The molecule has 0 fully saturated rings. The average Bonchev–Trinajstić information content (AvgIpc) is 2.46. The van der Waals surface area contributed by atoms with Gasteiger partial charge in [0.15, 0.2) is 0 Å². The van der Waals surface area contributed by atoms with Gasteiger partial charge < -0.3 is 10.2 Å². The van der Waals surface area contributed by atoms with Crippen LogP contribution in [0.15, 0.2) is 46.6 Å². The van der Waals surface area contributed by atoms with E-state index in [2.05, 4.69) is 20.0 Å². The van der Waals surface area contributed by atoms with Crippen LogP contribution in [-0.4, -0.2) is 45.7 Å². The van der Waals surface area contributed by atoms with Crippen LogP contribution in [0.3, 0.4) is 0 Å². The monoisotopic (exact) mass is 329 g/mol. The number of pyridine rings is 2. The van der Waals surface area contributed by atoms with Gasteiger partial charge in [-0.3, -0.25) is 20.0 Å². The first-order valence-electron chi connectivity index (χ1n) is 6.05. The number of rotatable bonds is 5. The smallest absolute Gasteiger partial charge is 0.142 e. The van der Waals surface area contributed by atoms with Crippen molar-refractivity contribution in [1.29, 1.82) is 0 Å². The Morgan fingerprint density at radius 2 is 1.29 bits per heavy atom. The van der Waals surface area contributed by atoms with E-state index in [9.17, 15) is 10.2 Å². The van der Waals surface area contributed by atoms with Gasteiger partial charge >= 0.3 is 0 Å². The molecule has 0 saturated heterocycles. The van der Waals surface area contributed by atoms with Crippen LogP contribution in [0.2, 0.25) is 0 Å². The number of aliphatic imine (C=N–C) groups is 2. The van der Waals surface area contributed by atoms with E-state index in [-0.39, 0.29) is 28.3 Å². The van der Waals surface area contributed by atoms with Crippen molar-refractivity contribution in [1.82, 2.24) is 9.97 Å². The van der Waals surface area contributed by atoms with Crippen molar-refractivity contribution in [2.24, 2.45) is 9.98 Å². The van der Waals surface area contributed by atoms with Crippen LogP contribution in [0.4, 0.5) is 0 Å². The maximum atomic E-state index is 9.47. The van der Waals surface area contributed by atoms with Gasteiger partial charge in [-0.1, -0.05) is 0 Å². The van der Waals surface area contributed by atoms with Crippen molar-refractivity contribution in [3.63, 3.8) is 0 Å². The standard InChI is InChI=1S/C14H14N4O2.Co/c19-13-3-1-5-17-11(13)9-15-7-8-16-10-12-14(20)4-2-6-18-12;/h1-6,9-10,19-20H,7-8H2;.